The number of hydrogen-bond donors (Lipinski definition) is 2. The number of aromatic nitrogens is 8. The van der Waals surface area contributed by atoms with Crippen LogP contribution in [0.1, 0.15) is 11.1 Å². The van der Waals surface area contributed by atoms with E-state index in [0.29, 0.717) is 24.7 Å². The molecular weight excluding hydrogens is 584 g/mol. The summed E-state index contributed by atoms with van der Waals surface area (Å²) in [6.45, 7) is 1.04. The van der Waals surface area contributed by atoms with Crippen molar-refractivity contribution in [1.29, 1.82) is 0 Å². The summed E-state index contributed by atoms with van der Waals surface area (Å²) in [5, 5.41) is 21.6. The molecule has 0 radical (unpaired) electrons. The molecule has 13 heteroatoms. The average molecular weight is 609 g/mol. The van der Waals surface area contributed by atoms with Gasteiger partial charge in [0.15, 0.2) is 23.0 Å². The summed E-state index contributed by atoms with van der Waals surface area (Å²) >= 11 is 0. The Balaban J connectivity index is 1.09. The van der Waals surface area contributed by atoms with Gasteiger partial charge in [-0.3, -0.25) is 10.6 Å². The summed E-state index contributed by atoms with van der Waals surface area (Å²) in [7, 11) is 0. The Morgan fingerprint density at radius 2 is 0.957 bits per heavy atom. The lowest BCUT2D eigenvalue weighted by atomic mass is 10.2. The van der Waals surface area contributed by atoms with Crippen LogP contribution in [0.2, 0.25) is 0 Å². The molecule has 0 aliphatic heterocycles. The van der Waals surface area contributed by atoms with E-state index in [1.165, 1.54) is 0 Å². The maximum absolute atomic E-state index is 13.3. The molecule has 8 aromatic rings. The van der Waals surface area contributed by atoms with E-state index in [4.69, 9.17) is 19.2 Å². The maximum Gasteiger partial charge on any atom is 0.326 e. The highest BCUT2D eigenvalue weighted by molar-refractivity contribution is 6.02. The molecule has 0 aliphatic rings. The van der Waals surface area contributed by atoms with Crippen molar-refractivity contribution in [3.8, 4) is 23.0 Å². The van der Waals surface area contributed by atoms with E-state index < -0.39 is 6.03 Å². The van der Waals surface area contributed by atoms with Gasteiger partial charge in [-0.25, -0.2) is 24.0 Å². The minimum atomic E-state index is -0.662. The zero-order valence-corrected chi connectivity index (χ0v) is 24.1. The predicted octanol–water partition coefficient (Wildman–Crippen LogP) is 6.23. The van der Waals surface area contributed by atoms with Gasteiger partial charge in [0.05, 0.1) is 22.1 Å². The SMILES string of the molecule is O=C(Nc1nonc1-c1nc2ccccc2n1Cc1ccccc1)Nc1nonc1-c1nc2ccccc2n1Cc1ccccc1. The molecule has 8 rings (SSSR count). The number of rotatable bonds is 8. The van der Waals surface area contributed by atoms with Crippen LogP contribution in [-0.4, -0.2) is 45.8 Å². The second-order valence-electron chi connectivity index (χ2n) is 10.5. The predicted molar refractivity (Wildman–Crippen MR) is 170 cm³/mol. The van der Waals surface area contributed by atoms with Crippen LogP contribution < -0.4 is 10.6 Å². The topological polar surface area (TPSA) is 155 Å². The van der Waals surface area contributed by atoms with E-state index in [-0.39, 0.29) is 23.0 Å². The van der Waals surface area contributed by atoms with Crippen molar-refractivity contribution in [2.24, 2.45) is 0 Å². The average Bonchev–Trinajstić information content (AvgIpc) is 3.88. The number of amides is 2. The third-order valence-electron chi connectivity index (χ3n) is 7.54. The van der Waals surface area contributed by atoms with Crippen LogP contribution in [0, 0.1) is 0 Å². The quantitative estimate of drug-likeness (QED) is 0.204. The molecule has 4 aromatic carbocycles. The highest BCUT2D eigenvalue weighted by Gasteiger charge is 2.25. The van der Waals surface area contributed by atoms with E-state index in [0.717, 1.165) is 33.2 Å². The molecule has 4 heterocycles. The van der Waals surface area contributed by atoms with Gasteiger partial charge in [-0.1, -0.05) is 84.9 Å². The number of fused-ring (bicyclic) bond motifs is 2. The van der Waals surface area contributed by atoms with Crippen molar-refractivity contribution in [3.05, 3.63) is 120 Å². The first-order chi connectivity index (χ1) is 22.7. The first-order valence-electron chi connectivity index (χ1n) is 14.4. The van der Waals surface area contributed by atoms with Gasteiger partial charge in [0.2, 0.25) is 11.6 Å². The third kappa shape index (κ3) is 5.01. The van der Waals surface area contributed by atoms with E-state index in [2.05, 4.69) is 31.3 Å². The number of nitrogens with zero attached hydrogens (tertiary/aromatic N) is 8. The second-order valence-corrected chi connectivity index (χ2v) is 10.5. The van der Waals surface area contributed by atoms with Gasteiger partial charge in [0, 0.05) is 13.1 Å². The monoisotopic (exact) mass is 608 g/mol. The van der Waals surface area contributed by atoms with Crippen LogP contribution in [0.4, 0.5) is 16.4 Å². The Labute approximate surface area is 260 Å². The van der Waals surface area contributed by atoms with Gasteiger partial charge >= 0.3 is 6.03 Å². The van der Waals surface area contributed by atoms with Crippen LogP contribution in [0.3, 0.4) is 0 Å². The molecule has 0 saturated heterocycles. The molecule has 4 aromatic heterocycles. The molecule has 2 amide bonds. The van der Waals surface area contributed by atoms with Gasteiger partial charge in [-0.2, -0.15) is 0 Å². The molecule has 0 atom stereocenters. The minimum absolute atomic E-state index is 0.0800. The largest absolute Gasteiger partial charge is 0.326 e. The fourth-order valence-electron chi connectivity index (χ4n) is 5.45. The minimum Gasteiger partial charge on any atom is -0.318 e. The standard InChI is InChI=1S/C33H24N10O3/c44-33(36-29-27(38-45-40-29)31-34-23-15-7-9-17-25(23)42(31)19-21-11-3-1-4-12-21)37-30-28(39-46-41-30)32-35-24-16-8-10-18-26(24)43(32)20-22-13-5-2-6-14-22/h1-18H,19-20H2,(H2,36,37,40,41,44). The number of carbonyl (C=O) groups excluding carboxylic acids is 1. The number of carbonyl (C=O) groups is 1. The number of anilines is 2. The second kappa shape index (κ2) is 11.5. The Bertz CT molecular complexity index is 2140. The first-order valence-corrected chi connectivity index (χ1v) is 14.4. The van der Waals surface area contributed by atoms with E-state index in [9.17, 15) is 4.79 Å². The van der Waals surface area contributed by atoms with Crippen LogP contribution >= 0.6 is 0 Å². The fourth-order valence-corrected chi connectivity index (χ4v) is 5.45. The summed E-state index contributed by atoms with van der Waals surface area (Å²) in [6.07, 6.45) is 0. The van der Waals surface area contributed by atoms with Crippen molar-refractivity contribution in [2.75, 3.05) is 10.6 Å². The van der Waals surface area contributed by atoms with Gasteiger partial charge in [-0.05, 0) is 56.0 Å². The lowest BCUT2D eigenvalue weighted by Crippen LogP contribution is -2.21. The van der Waals surface area contributed by atoms with Gasteiger partial charge < -0.3 is 9.13 Å². The van der Waals surface area contributed by atoms with Gasteiger partial charge in [-0.15, -0.1) is 0 Å². The Morgan fingerprint density at radius 3 is 1.41 bits per heavy atom. The maximum atomic E-state index is 13.3. The number of urea groups is 1. The first kappa shape index (κ1) is 27.0. The normalized spacial score (nSPS) is 11.3. The van der Waals surface area contributed by atoms with Crippen molar-refractivity contribution in [1.82, 2.24) is 39.7 Å². The molecule has 0 unspecified atom stereocenters. The molecule has 13 nitrogen and oxygen atoms in total. The smallest absolute Gasteiger partial charge is 0.318 e. The van der Waals surface area contributed by atoms with Crippen LogP contribution in [0.25, 0.3) is 45.1 Å². The van der Waals surface area contributed by atoms with Crippen LogP contribution in [0.15, 0.2) is 118 Å². The van der Waals surface area contributed by atoms with Crippen LogP contribution in [0.5, 0.6) is 0 Å². The Morgan fingerprint density at radius 1 is 0.543 bits per heavy atom. The van der Waals surface area contributed by atoms with Crippen LogP contribution in [-0.2, 0) is 13.1 Å². The van der Waals surface area contributed by atoms with E-state index in [1.54, 1.807) is 0 Å². The summed E-state index contributed by atoms with van der Waals surface area (Å²) < 4.78 is 14.2. The summed E-state index contributed by atoms with van der Waals surface area (Å²) in [4.78, 5) is 22.9. The molecule has 0 saturated carbocycles. The Hall–Kier alpha value is -6.63. The highest BCUT2D eigenvalue weighted by Crippen LogP contribution is 2.31. The molecule has 0 bridgehead atoms. The number of benzene rings is 4. The molecule has 0 fully saturated rings. The van der Waals surface area contributed by atoms with Crippen molar-refractivity contribution >= 4 is 39.7 Å². The van der Waals surface area contributed by atoms with Gasteiger partial charge in [0.25, 0.3) is 0 Å². The lowest BCUT2D eigenvalue weighted by Gasteiger charge is -2.10. The number of imidazole rings is 2. The number of para-hydroxylation sites is 4. The summed E-state index contributed by atoms with van der Waals surface area (Å²) in [5.41, 5.74) is 6.01. The molecular formula is C33H24N10O3. The highest BCUT2D eigenvalue weighted by atomic mass is 16.6. The summed E-state index contributed by atoms with van der Waals surface area (Å²) in [5.74, 6) is 1.13. The van der Waals surface area contributed by atoms with E-state index in [1.807, 2.05) is 118 Å². The molecule has 0 aliphatic carbocycles. The third-order valence-corrected chi connectivity index (χ3v) is 7.54. The van der Waals surface area contributed by atoms with Crippen molar-refractivity contribution < 1.29 is 14.1 Å². The zero-order chi connectivity index (χ0) is 30.9. The summed E-state index contributed by atoms with van der Waals surface area (Å²) in [6, 6.07) is 34.8. The van der Waals surface area contributed by atoms with Gasteiger partial charge in [0.1, 0.15) is 0 Å². The molecule has 0 spiro atoms. The van der Waals surface area contributed by atoms with E-state index >= 15 is 0 Å². The van der Waals surface area contributed by atoms with Crippen molar-refractivity contribution in [3.63, 3.8) is 0 Å². The molecule has 2 N–H and O–H groups in total. The van der Waals surface area contributed by atoms with Crippen molar-refractivity contribution in [2.45, 2.75) is 13.1 Å². The zero-order valence-electron chi connectivity index (χ0n) is 24.1. The number of nitrogens with one attached hydrogen (secondary N) is 2. The molecule has 224 valence electrons. The Kier molecular flexibility index (Phi) is 6.72. The molecule has 46 heavy (non-hydrogen) atoms. The lowest BCUT2D eigenvalue weighted by molar-refractivity contribution is 0.261. The fraction of sp³-hybridized carbons (Fsp3) is 0.0606. The number of hydrogen-bond acceptors (Lipinski definition) is 9.